The van der Waals surface area contributed by atoms with Crippen molar-refractivity contribution in [2.45, 2.75) is 52.6 Å². The second kappa shape index (κ2) is 16.2. The van der Waals surface area contributed by atoms with Crippen LogP contribution in [0.3, 0.4) is 0 Å². The molecule has 43 heavy (non-hydrogen) atoms. The van der Waals surface area contributed by atoms with Crippen molar-refractivity contribution in [3.8, 4) is 0 Å². The Labute approximate surface area is 257 Å². The number of hydrogen-bond acceptors (Lipinski definition) is 8. The van der Waals surface area contributed by atoms with Gasteiger partial charge in [-0.05, 0) is 27.7 Å². The van der Waals surface area contributed by atoms with Crippen molar-refractivity contribution < 1.29 is 38.4 Å². The average molecular weight is 658 g/mol. The number of nitrogens with zero attached hydrogens (tertiary/aromatic N) is 2. The van der Waals surface area contributed by atoms with Gasteiger partial charge in [0, 0.05) is 29.6 Å². The van der Waals surface area contributed by atoms with Gasteiger partial charge in [-0.25, -0.2) is 9.59 Å². The lowest BCUT2D eigenvalue weighted by molar-refractivity contribution is -0.144. The third-order valence-electron chi connectivity index (χ3n) is 6.08. The highest BCUT2D eigenvalue weighted by Crippen LogP contribution is 2.19. The Hall–Kier alpha value is -4.52. The highest BCUT2D eigenvalue weighted by molar-refractivity contribution is 9.09. The first kappa shape index (κ1) is 34.7. The van der Waals surface area contributed by atoms with E-state index < -0.39 is 41.6 Å². The molecule has 0 bridgehead atoms. The number of carbonyl (C=O) groups excluding carboxylic acids is 8. The first-order valence-corrected chi connectivity index (χ1v) is 14.5. The molecule has 8 amide bonds. The normalized spacial score (nSPS) is 16.6. The quantitative estimate of drug-likeness (QED) is 0.259. The predicted octanol–water partition coefficient (Wildman–Crippen LogP) is 3.49. The van der Waals surface area contributed by atoms with Gasteiger partial charge in [-0.15, -0.1) is 0 Å². The maximum absolute atomic E-state index is 12.2. The van der Waals surface area contributed by atoms with Gasteiger partial charge < -0.3 is 0 Å². The van der Waals surface area contributed by atoms with Crippen molar-refractivity contribution in [2.75, 3.05) is 5.33 Å². The van der Waals surface area contributed by atoms with E-state index in [1.165, 1.54) is 0 Å². The minimum atomic E-state index is -1.15. The van der Waals surface area contributed by atoms with Crippen LogP contribution in [-0.2, 0) is 19.2 Å². The minimum Gasteiger partial charge on any atom is -0.294 e. The fourth-order valence-corrected chi connectivity index (χ4v) is 4.34. The summed E-state index contributed by atoms with van der Waals surface area (Å²) in [7, 11) is 0. The topological polar surface area (TPSA) is 167 Å². The summed E-state index contributed by atoms with van der Waals surface area (Å²) in [6.07, 6.45) is -0.477. The van der Waals surface area contributed by atoms with Crippen LogP contribution < -0.4 is 10.6 Å². The standard InChI is InChI=1S/C15H16N2O4.C8H7BrO.C7H10N2O3/c1-9(2)17-14(20)11(13(19)16-15(17)21)8-12(18)10-6-4-3-5-7-10;9-6-8(10)7-4-2-1-3-5-7;1-4(2)9-6(11)3-5(10)8-7(9)12/h3-7,9,11H,8H2,1-2H3,(H,16,19,21);1-5H,6H2;4H,3H2,1-2H3,(H,8,10,12). The number of rotatable bonds is 7. The van der Waals surface area contributed by atoms with Crippen LogP contribution in [0.5, 0.6) is 0 Å². The summed E-state index contributed by atoms with van der Waals surface area (Å²) in [6.45, 7) is 6.77. The van der Waals surface area contributed by atoms with Gasteiger partial charge in [0.2, 0.25) is 23.6 Å². The fourth-order valence-electron chi connectivity index (χ4n) is 4.01. The Morgan fingerprint density at radius 3 is 1.65 bits per heavy atom. The lowest BCUT2D eigenvalue weighted by atomic mass is 9.94. The van der Waals surface area contributed by atoms with E-state index in [4.69, 9.17) is 0 Å². The molecule has 2 aromatic carbocycles. The van der Waals surface area contributed by atoms with Gasteiger partial charge in [0.25, 0.3) is 0 Å². The molecule has 228 valence electrons. The number of amides is 8. The molecule has 2 fully saturated rings. The van der Waals surface area contributed by atoms with Crippen LogP contribution in [0, 0.1) is 5.92 Å². The molecule has 2 aliphatic heterocycles. The van der Waals surface area contributed by atoms with E-state index in [0.29, 0.717) is 10.9 Å². The zero-order chi connectivity index (χ0) is 32.3. The van der Waals surface area contributed by atoms with Crippen LogP contribution in [-0.4, -0.2) is 74.5 Å². The molecular formula is C30H33BrN4O8. The van der Waals surface area contributed by atoms with Crippen LogP contribution in [0.4, 0.5) is 9.59 Å². The molecule has 0 aliphatic carbocycles. The van der Waals surface area contributed by atoms with Gasteiger partial charge in [0.15, 0.2) is 11.6 Å². The Morgan fingerprint density at radius 1 is 0.744 bits per heavy atom. The second-order valence-electron chi connectivity index (χ2n) is 9.95. The number of imide groups is 4. The van der Waals surface area contributed by atoms with Crippen molar-refractivity contribution in [1.29, 1.82) is 0 Å². The molecule has 12 nitrogen and oxygen atoms in total. The van der Waals surface area contributed by atoms with Crippen LogP contribution >= 0.6 is 15.9 Å². The summed E-state index contributed by atoms with van der Waals surface area (Å²) in [6, 6.07) is 15.7. The molecule has 2 heterocycles. The number of alkyl halides is 1. The molecular weight excluding hydrogens is 624 g/mol. The van der Waals surface area contributed by atoms with Crippen molar-refractivity contribution in [3.05, 3.63) is 71.8 Å². The van der Waals surface area contributed by atoms with Gasteiger partial charge in [-0.2, -0.15) is 0 Å². The molecule has 13 heteroatoms. The molecule has 2 aliphatic rings. The third-order valence-corrected chi connectivity index (χ3v) is 6.59. The van der Waals surface area contributed by atoms with Crippen LogP contribution in [0.2, 0.25) is 0 Å². The lowest BCUT2D eigenvalue weighted by Crippen LogP contribution is -2.60. The van der Waals surface area contributed by atoms with Crippen molar-refractivity contribution >= 4 is 63.2 Å². The van der Waals surface area contributed by atoms with E-state index in [9.17, 15) is 38.4 Å². The molecule has 0 saturated carbocycles. The molecule has 2 saturated heterocycles. The third kappa shape index (κ3) is 9.77. The molecule has 1 atom stereocenters. The van der Waals surface area contributed by atoms with E-state index in [0.717, 1.165) is 15.4 Å². The summed E-state index contributed by atoms with van der Waals surface area (Å²) < 4.78 is 0. The maximum atomic E-state index is 12.2. The van der Waals surface area contributed by atoms with Crippen LogP contribution in [0.15, 0.2) is 60.7 Å². The first-order valence-electron chi connectivity index (χ1n) is 13.3. The number of benzene rings is 2. The molecule has 0 aromatic heterocycles. The van der Waals surface area contributed by atoms with Gasteiger partial charge >= 0.3 is 12.1 Å². The molecule has 1 unspecified atom stereocenters. The minimum absolute atomic E-state index is 0.126. The number of urea groups is 2. The van der Waals surface area contributed by atoms with Gasteiger partial charge in [-0.3, -0.25) is 49.2 Å². The Kier molecular flexibility index (Phi) is 13.1. The monoisotopic (exact) mass is 656 g/mol. The number of ketones is 2. The number of halogens is 1. The number of hydrogen-bond donors (Lipinski definition) is 2. The summed E-state index contributed by atoms with van der Waals surface area (Å²) in [4.78, 5) is 93.6. The second-order valence-corrected chi connectivity index (χ2v) is 10.5. The SMILES string of the molecule is CC(C)N1C(=O)CC(=O)NC1=O.CC(C)N1C(=O)NC(=O)C(CC(=O)c2ccccc2)C1=O.O=C(CBr)c1ccccc1. The first-order chi connectivity index (χ1) is 20.3. The number of Topliss-reactive ketones (excluding diaryl/α,β-unsaturated/α-hetero) is 2. The van der Waals surface area contributed by atoms with Gasteiger partial charge in [-0.1, -0.05) is 76.6 Å². The average Bonchev–Trinajstić information content (AvgIpc) is 2.95. The number of carbonyl (C=O) groups is 8. The van der Waals surface area contributed by atoms with Crippen molar-refractivity contribution in [3.63, 3.8) is 0 Å². The highest BCUT2D eigenvalue weighted by Gasteiger charge is 2.42. The molecule has 0 spiro atoms. The zero-order valence-electron chi connectivity index (χ0n) is 24.2. The maximum Gasteiger partial charge on any atom is 0.331 e. The van der Waals surface area contributed by atoms with Crippen molar-refractivity contribution in [2.24, 2.45) is 5.92 Å². The molecule has 4 rings (SSSR count). The Balaban J connectivity index is 0.000000248. The molecule has 0 radical (unpaired) electrons. The Morgan fingerprint density at radius 2 is 1.21 bits per heavy atom. The van der Waals surface area contributed by atoms with Crippen LogP contribution in [0.25, 0.3) is 0 Å². The Bertz CT molecular complexity index is 1360. The largest absolute Gasteiger partial charge is 0.331 e. The fraction of sp³-hybridized carbons (Fsp3) is 0.333. The van der Waals surface area contributed by atoms with E-state index in [1.807, 2.05) is 30.3 Å². The summed E-state index contributed by atoms with van der Waals surface area (Å²) in [5, 5.41) is 4.59. The molecule has 2 aromatic rings. The highest BCUT2D eigenvalue weighted by atomic mass is 79.9. The van der Waals surface area contributed by atoms with Gasteiger partial charge in [0.1, 0.15) is 12.3 Å². The van der Waals surface area contributed by atoms with E-state index in [2.05, 4.69) is 26.6 Å². The van der Waals surface area contributed by atoms with Crippen molar-refractivity contribution in [1.82, 2.24) is 20.4 Å². The molecule has 2 N–H and O–H groups in total. The van der Waals surface area contributed by atoms with Gasteiger partial charge in [0.05, 0.1) is 5.33 Å². The zero-order valence-corrected chi connectivity index (χ0v) is 25.8. The predicted molar refractivity (Wildman–Crippen MR) is 159 cm³/mol. The summed E-state index contributed by atoms with van der Waals surface area (Å²) in [5.41, 5.74) is 1.20. The van der Waals surface area contributed by atoms with E-state index in [-0.39, 0.29) is 36.5 Å². The summed E-state index contributed by atoms with van der Waals surface area (Å²) >= 11 is 3.10. The summed E-state index contributed by atoms with van der Waals surface area (Å²) in [5.74, 6) is -3.63. The lowest BCUT2D eigenvalue weighted by Gasteiger charge is -2.32. The van der Waals surface area contributed by atoms with E-state index in [1.54, 1.807) is 58.0 Å². The smallest absolute Gasteiger partial charge is 0.294 e. The number of nitrogens with one attached hydrogen (secondary N) is 2. The van der Waals surface area contributed by atoms with E-state index >= 15 is 0 Å². The number of barbiturate groups is 2. The van der Waals surface area contributed by atoms with Crippen LogP contribution in [0.1, 0.15) is 61.3 Å².